The third-order valence-corrected chi connectivity index (χ3v) is 9.40. The lowest BCUT2D eigenvalue weighted by molar-refractivity contribution is -0.142. The molecule has 1 aromatic rings. The number of alkyl halides is 3. The van der Waals surface area contributed by atoms with Gasteiger partial charge in [-0.15, -0.1) is 0 Å². The number of nitrogens with zero attached hydrogens (tertiary/aromatic N) is 3. The van der Waals surface area contributed by atoms with Crippen LogP contribution >= 0.6 is 0 Å². The van der Waals surface area contributed by atoms with Gasteiger partial charge in [0.25, 0.3) is 10.2 Å². The fourth-order valence-corrected chi connectivity index (χ4v) is 7.08. The molecule has 3 aliphatic heterocycles. The van der Waals surface area contributed by atoms with Gasteiger partial charge >= 0.3 is 6.18 Å². The number of halogens is 3. The van der Waals surface area contributed by atoms with Gasteiger partial charge in [-0.3, -0.25) is 14.4 Å². The molecule has 222 valence electrons. The summed E-state index contributed by atoms with van der Waals surface area (Å²) >= 11 is 0. The van der Waals surface area contributed by atoms with Gasteiger partial charge in [0, 0.05) is 46.4 Å². The maximum atomic E-state index is 13.4. The standard InChI is InChI=1S/C25H34F3N5O6S/c1-39-16-22(34)30-20-14-32(15-20)40(37,38)31-10-2-4-18(13-31)24(36)33-11-3-5-21(33)23(35)29-12-17-6-8-19(9-7-17)25(26,27)28/h6-9,18,20-21H,2-5,10-16H2,1H3,(H,29,35)(H,30,34)/t18-,21+/m0/s1. The van der Waals surface area contributed by atoms with Crippen LogP contribution in [-0.2, 0) is 42.1 Å². The number of piperidine rings is 1. The van der Waals surface area contributed by atoms with E-state index in [1.165, 1.54) is 32.8 Å². The Labute approximate surface area is 231 Å². The Kier molecular flexibility index (Phi) is 9.37. The molecule has 3 fully saturated rings. The van der Waals surface area contributed by atoms with Crippen molar-refractivity contribution in [3.63, 3.8) is 0 Å². The molecule has 0 aromatic heterocycles. The van der Waals surface area contributed by atoms with Gasteiger partial charge in [-0.2, -0.15) is 30.2 Å². The minimum Gasteiger partial charge on any atom is -0.375 e. The van der Waals surface area contributed by atoms with Crippen LogP contribution in [0.3, 0.4) is 0 Å². The molecule has 1 aromatic carbocycles. The number of hydrogen-bond acceptors (Lipinski definition) is 6. The van der Waals surface area contributed by atoms with Crippen LogP contribution < -0.4 is 10.6 Å². The van der Waals surface area contributed by atoms with E-state index in [2.05, 4.69) is 10.6 Å². The number of ether oxygens (including phenoxy) is 1. The molecule has 3 heterocycles. The van der Waals surface area contributed by atoms with Gasteiger partial charge in [0.15, 0.2) is 0 Å². The number of nitrogens with one attached hydrogen (secondary N) is 2. The van der Waals surface area contributed by atoms with Crippen LogP contribution in [0.2, 0.25) is 0 Å². The second-order valence-corrected chi connectivity index (χ2v) is 12.2. The average Bonchev–Trinajstić information content (AvgIpc) is 3.39. The number of amides is 3. The zero-order valence-electron chi connectivity index (χ0n) is 22.2. The average molecular weight is 590 g/mol. The van der Waals surface area contributed by atoms with E-state index in [1.54, 1.807) is 0 Å². The van der Waals surface area contributed by atoms with Gasteiger partial charge in [-0.1, -0.05) is 12.1 Å². The predicted octanol–water partition coefficient (Wildman–Crippen LogP) is 0.716. The van der Waals surface area contributed by atoms with E-state index < -0.39 is 39.8 Å². The Hall–Kier alpha value is -2.75. The van der Waals surface area contributed by atoms with Gasteiger partial charge in [0.1, 0.15) is 12.6 Å². The molecule has 40 heavy (non-hydrogen) atoms. The molecule has 15 heteroatoms. The third kappa shape index (κ3) is 6.93. The predicted molar refractivity (Wildman–Crippen MR) is 137 cm³/mol. The number of methoxy groups -OCH3 is 1. The maximum Gasteiger partial charge on any atom is 0.416 e. The first-order valence-corrected chi connectivity index (χ1v) is 14.6. The van der Waals surface area contributed by atoms with E-state index in [0.29, 0.717) is 37.8 Å². The van der Waals surface area contributed by atoms with Crippen LogP contribution in [0.1, 0.15) is 36.8 Å². The van der Waals surface area contributed by atoms with Crippen LogP contribution in [0, 0.1) is 5.92 Å². The van der Waals surface area contributed by atoms with E-state index in [1.807, 2.05) is 0 Å². The smallest absolute Gasteiger partial charge is 0.375 e. The molecule has 4 rings (SSSR count). The van der Waals surface area contributed by atoms with Crippen molar-refractivity contribution in [2.75, 3.05) is 46.4 Å². The molecule has 0 spiro atoms. The van der Waals surface area contributed by atoms with Gasteiger partial charge in [0.2, 0.25) is 17.7 Å². The van der Waals surface area contributed by atoms with E-state index >= 15 is 0 Å². The maximum absolute atomic E-state index is 13.4. The highest BCUT2D eigenvalue weighted by molar-refractivity contribution is 7.86. The SMILES string of the molecule is COCC(=O)NC1CN(S(=O)(=O)N2CCC[C@H](C(=O)N3CCC[C@@H]3C(=O)NCc3ccc(C(F)(F)F)cc3)C2)C1. The summed E-state index contributed by atoms with van der Waals surface area (Å²) in [5.41, 5.74) is -0.279. The lowest BCUT2D eigenvalue weighted by atomic mass is 9.97. The molecule has 3 saturated heterocycles. The van der Waals surface area contributed by atoms with Gasteiger partial charge in [0.05, 0.1) is 17.5 Å². The van der Waals surface area contributed by atoms with Crippen molar-refractivity contribution in [2.45, 2.75) is 50.5 Å². The van der Waals surface area contributed by atoms with Crippen LogP contribution in [-0.4, -0.2) is 98.2 Å². The summed E-state index contributed by atoms with van der Waals surface area (Å²) < 4.78 is 71.9. The molecule has 2 atom stereocenters. The van der Waals surface area contributed by atoms with E-state index in [4.69, 9.17) is 4.74 Å². The molecule has 0 aliphatic carbocycles. The van der Waals surface area contributed by atoms with Gasteiger partial charge < -0.3 is 20.3 Å². The van der Waals surface area contributed by atoms with Crippen molar-refractivity contribution < 1.29 is 40.7 Å². The van der Waals surface area contributed by atoms with Crippen LogP contribution in [0.15, 0.2) is 24.3 Å². The number of likely N-dealkylation sites (tertiary alicyclic amines) is 1. The molecule has 0 unspecified atom stereocenters. The first-order valence-electron chi connectivity index (χ1n) is 13.2. The van der Waals surface area contributed by atoms with Gasteiger partial charge in [-0.25, -0.2) is 0 Å². The quantitative estimate of drug-likeness (QED) is 0.437. The van der Waals surface area contributed by atoms with Crippen molar-refractivity contribution in [1.82, 2.24) is 24.1 Å². The Morgan fingerprint density at radius 3 is 2.33 bits per heavy atom. The number of carbonyl (C=O) groups is 3. The van der Waals surface area contributed by atoms with E-state index in [9.17, 15) is 36.0 Å². The third-order valence-electron chi connectivity index (χ3n) is 7.46. The summed E-state index contributed by atoms with van der Waals surface area (Å²) in [6.07, 6.45) is -2.39. The molecular weight excluding hydrogens is 555 g/mol. The largest absolute Gasteiger partial charge is 0.416 e. The number of benzene rings is 1. The highest BCUT2D eigenvalue weighted by Gasteiger charge is 2.44. The van der Waals surface area contributed by atoms with Crippen LogP contribution in [0.4, 0.5) is 13.2 Å². The highest BCUT2D eigenvalue weighted by atomic mass is 32.2. The minimum absolute atomic E-state index is 0.00869. The second-order valence-electron chi connectivity index (χ2n) is 10.3. The summed E-state index contributed by atoms with van der Waals surface area (Å²) in [6.45, 7) is 0.850. The van der Waals surface area contributed by atoms with Crippen LogP contribution in [0.5, 0.6) is 0 Å². The summed E-state index contributed by atoms with van der Waals surface area (Å²) in [7, 11) is -2.42. The minimum atomic E-state index is -4.44. The number of rotatable bonds is 9. The van der Waals surface area contributed by atoms with Crippen molar-refractivity contribution >= 4 is 27.9 Å². The first-order chi connectivity index (χ1) is 18.9. The first kappa shape index (κ1) is 30.2. The van der Waals surface area contributed by atoms with Crippen molar-refractivity contribution in [3.05, 3.63) is 35.4 Å². The Balaban J connectivity index is 1.30. The zero-order chi connectivity index (χ0) is 29.1. The molecule has 2 N–H and O–H groups in total. The summed E-state index contributed by atoms with van der Waals surface area (Å²) in [5.74, 6) is -1.59. The zero-order valence-corrected chi connectivity index (χ0v) is 23.0. The molecule has 0 bridgehead atoms. The summed E-state index contributed by atoms with van der Waals surface area (Å²) in [4.78, 5) is 39.5. The monoisotopic (exact) mass is 589 g/mol. The summed E-state index contributed by atoms with van der Waals surface area (Å²) in [5, 5.41) is 5.41. The molecular formula is C25H34F3N5O6S. The highest BCUT2D eigenvalue weighted by Crippen LogP contribution is 2.30. The van der Waals surface area contributed by atoms with E-state index in [-0.39, 0.29) is 57.2 Å². The lowest BCUT2D eigenvalue weighted by Crippen LogP contribution is -2.64. The molecule has 0 radical (unpaired) electrons. The van der Waals surface area contributed by atoms with E-state index in [0.717, 1.165) is 12.1 Å². The van der Waals surface area contributed by atoms with Crippen molar-refractivity contribution in [1.29, 1.82) is 0 Å². The van der Waals surface area contributed by atoms with Crippen molar-refractivity contribution in [3.8, 4) is 0 Å². The number of carbonyl (C=O) groups excluding carboxylic acids is 3. The van der Waals surface area contributed by atoms with Crippen LogP contribution in [0.25, 0.3) is 0 Å². The lowest BCUT2D eigenvalue weighted by Gasteiger charge is -2.43. The topological polar surface area (TPSA) is 128 Å². The van der Waals surface area contributed by atoms with Gasteiger partial charge in [-0.05, 0) is 43.4 Å². The molecule has 3 aliphatic rings. The Morgan fingerprint density at radius 2 is 1.68 bits per heavy atom. The normalized spacial score (nSPS) is 23.1. The van der Waals surface area contributed by atoms with Crippen molar-refractivity contribution in [2.24, 2.45) is 5.92 Å². The fraction of sp³-hybridized carbons (Fsp3) is 0.640. The molecule has 3 amide bonds. The molecule has 11 nitrogen and oxygen atoms in total. The second kappa shape index (κ2) is 12.4. The number of hydrogen-bond donors (Lipinski definition) is 2. The summed E-state index contributed by atoms with van der Waals surface area (Å²) in [6, 6.07) is 3.48. The Bertz CT molecular complexity index is 1190. The Morgan fingerprint density at radius 1 is 1.00 bits per heavy atom. The fourth-order valence-electron chi connectivity index (χ4n) is 5.29. The molecule has 0 saturated carbocycles.